The van der Waals surface area contributed by atoms with Crippen LogP contribution in [-0.4, -0.2) is 46.7 Å². The van der Waals surface area contributed by atoms with E-state index >= 15 is 0 Å². The zero-order valence-electron chi connectivity index (χ0n) is 13.6. The molecule has 0 unspecified atom stereocenters. The summed E-state index contributed by atoms with van der Waals surface area (Å²) in [6.07, 6.45) is 1.96. The second-order valence-electron chi connectivity index (χ2n) is 5.46. The number of hydrogen-bond donors (Lipinski definition) is 0. The Morgan fingerprint density at radius 1 is 0.682 bits per heavy atom. The second kappa shape index (κ2) is 10.3. The molecule has 0 aromatic heterocycles. The second-order valence-corrected chi connectivity index (χ2v) is 10.8. The van der Waals surface area contributed by atoms with Gasteiger partial charge in [-0.25, -0.2) is 0 Å². The molecular formula is C12H26N2O4P2S2. The minimum atomic E-state index is -0.968. The summed E-state index contributed by atoms with van der Waals surface area (Å²) in [4.78, 5) is 0. The maximum Gasteiger partial charge on any atom is 0.270 e. The lowest BCUT2D eigenvalue weighted by atomic mass is 10.4. The summed E-state index contributed by atoms with van der Waals surface area (Å²) < 4.78 is 27.6. The molecule has 0 atom stereocenters. The molecule has 0 aromatic carbocycles. The van der Waals surface area contributed by atoms with Gasteiger partial charge in [0.2, 0.25) is 0 Å². The third-order valence-electron chi connectivity index (χ3n) is 2.78. The minimum Gasteiger partial charge on any atom is -0.321 e. The van der Waals surface area contributed by atoms with Crippen LogP contribution in [0.1, 0.15) is 40.5 Å². The lowest BCUT2D eigenvalue weighted by molar-refractivity contribution is 0.160. The van der Waals surface area contributed by atoms with Crippen molar-refractivity contribution in [3.63, 3.8) is 0 Å². The Kier molecular flexibility index (Phi) is 9.23. The smallest absolute Gasteiger partial charge is 0.270 e. The highest BCUT2D eigenvalue weighted by Gasteiger charge is 2.32. The first-order valence-electron chi connectivity index (χ1n) is 7.64. The van der Waals surface area contributed by atoms with E-state index in [0.29, 0.717) is 12.1 Å². The van der Waals surface area contributed by atoms with Crippen LogP contribution in [0.5, 0.6) is 0 Å². The minimum absolute atomic E-state index is 0.344. The molecule has 2 aliphatic rings. The van der Waals surface area contributed by atoms with Crippen LogP contribution in [0.25, 0.3) is 0 Å². The van der Waals surface area contributed by atoms with E-state index in [0.717, 1.165) is 39.3 Å². The molecule has 22 heavy (non-hydrogen) atoms. The summed E-state index contributed by atoms with van der Waals surface area (Å²) in [5.74, 6) is 0. The van der Waals surface area contributed by atoms with Gasteiger partial charge in [0.25, 0.3) is 17.1 Å². The molecule has 2 heterocycles. The zero-order chi connectivity index (χ0) is 15.9. The van der Waals surface area contributed by atoms with Crippen LogP contribution in [0.2, 0.25) is 0 Å². The molecule has 2 aliphatic heterocycles. The van der Waals surface area contributed by atoms with Gasteiger partial charge in [-0.1, -0.05) is 0 Å². The fourth-order valence-electron chi connectivity index (χ4n) is 1.66. The molecule has 0 bridgehead atoms. The van der Waals surface area contributed by atoms with Crippen molar-refractivity contribution in [1.29, 1.82) is 0 Å². The van der Waals surface area contributed by atoms with E-state index in [4.69, 9.17) is 18.1 Å². The Morgan fingerprint density at radius 2 is 1.00 bits per heavy atom. The van der Waals surface area contributed by atoms with Gasteiger partial charge in [0.05, 0.1) is 26.4 Å². The number of hydrogen-bond acceptors (Lipinski definition) is 8. The van der Waals surface area contributed by atoms with E-state index in [2.05, 4.69) is 35.8 Å². The average Bonchev–Trinajstić information content (AvgIpc) is 2.52. The Bertz CT molecular complexity index is 290. The van der Waals surface area contributed by atoms with E-state index in [9.17, 15) is 0 Å². The van der Waals surface area contributed by atoms with Gasteiger partial charge in [0, 0.05) is 34.0 Å². The highest BCUT2D eigenvalue weighted by atomic mass is 33.1. The summed E-state index contributed by atoms with van der Waals surface area (Å²) in [7, 11) is 1.42. The van der Waals surface area contributed by atoms with E-state index < -0.39 is 17.1 Å². The van der Waals surface area contributed by atoms with E-state index in [1.807, 2.05) is 0 Å². The normalized spacial score (nSPS) is 22.4. The lowest BCUT2D eigenvalue weighted by Gasteiger charge is -2.36. The van der Waals surface area contributed by atoms with Crippen molar-refractivity contribution in [1.82, 2.24) is 8.15 Å². The first-order chi connectivity index (χ1) is 10.6. The molecule has 2 fully saturated rings. The van der Waals surface area contributed by atoms with Gasteiger partial charge in [-0.3, -0.25) is 0 Å². The number of rotatable bonds is 7. The molecule has 130 valence electrons. The molecule has 2 saturated heterocycles. The van der Waals surface area contributed by atoms with Crippen molar-refractivity contribution in [3.8, 4) is 0 Å². The Labute approximate surface area is 144 Å². The Morgan fingerprint density at radius 3 is 1.27 bits per heavy atom. The molecule has 0 radical (unpaired) electrons. The summed E-state index contributed by atoms with van der Waals surface area (Å²) in [6, 6.07) is 0.688. The standard InChI is InChI=1S/C12H26N2O4P2S2/c1-11(2)13(19-15-7-5-8-16-19)21-22-14(12(3)4)20-17-9-6-10-18-20/h11-12H,5-10H2,1-4H3. The van der Waals surface area contributed by atoms with E-state index in [-0.39, 0.29) is 0 Å². The third-order valence-corrected chi connectivity index (χ3v) is 10.3. The van der Waals surface area contributed by atoms with Gasteiger partial charge in [-0.05, 0) is 40.5 Å². The van der Waals surface area contributed by atoms with Crippen LogP contribution in [0, 0.1) is 0 Å². The van der Waals surface area contributed by atoms with Crippen LogP contribution < -0.4 is 0 Å². The topological polar surface area (TPSA) is 43.4 Å². The molecular weight excluding hydrogens is 362 g/mol. The molecule has 0 saturated carbocycles. The largest absolute Gasteiger partial charge is 0.321 e. The van der Waals surface area contributed by atoms with Gasteiger partial charge in [0.15, 0.2) is 0 Å². The summed E-state index contributed by atoms with van der Waals surface area (Å²) in [6.45, 7) is 11.8. The third kappa shape index (κ3) is 5.99. The predicted octanol–water partition coefficient (Wildman–Crippen LogP) is 4.95. The first kappa shape index (κ1) is 19.6. The Balaban J connectivity index is 1.90. The van der Waals surface area contributed by atoms with Crippen molar-refractivity contribution in [3.05, 3.63) is 0 Å². The van der Waals surface area contributed by atoms with Crippen molar-refractivity contribution in [2.24, 2.45) is 0 Å². The molecule has 10 heteroatoms. The van der Waals surface area contributed by atoms with Crippen molar-refractivity contribution in [2.45, 2.75) is 52.6 Å². The highest BCUT2D eigenvalue weighted by Crippen LogP contribution is 2.58. The maximum atomic E-state index is 5.80. The fourth-order valence-corrected chi connectivity index (χ4v) is 8.60. The maximum absolute atomic E-state index is 5.80. The van der Waals surface area contributed by atoms with Crippen molar-refractivity contribution < 1.29 is 18.1 Å². The quantitative estimate of drug-likeness (QED) is 0.345. The fraction of sp³-hybridized carbons (Fsp3) is 1.00. The van der Waals surface area contributed by atoms with Crippen LogP contribution in [0.3, 0.4) is 0 Å². The molecule has 2 rings (SSSR count). The first-order valence-corrected chi connectivity index (χ1v) is 12.0. The van der Waals surface area contributed by atoms with Crippen LogP contribution in [0.4, 0.5) is 0 Å². The van der Waals surface area contributed by atoms with Gasteiger partial charge in [0.1, 0.15) is 0 Å². The SMILES string of the molecule is CC(C)N(SSN(C(C)C)P1OCCCO1)P1OCCCO1. The van der Waals surface area contributed by atoms with Gasteiger partial charge < -0.3 is 18.1 Å². The van der Waals surface area contributed by atoms with Crippen molar-refractivity contribution in [2.75, 3.05) is 26.4 Å². The predicted molar refractivity (Wildman–Crippen MR) is 96.0 cm³/mol. The van der Waals surface area contributed by atoms with Gasteiger partial charge in [-0.2, -0.15) is 8.15 Å². The van der Waals surface area contributed by atoms with E-state index in [1.165, 1.54) is 0 Å². The molecule has 0 aliphatic carbocycles. The average molecular weight is 388 g/mol. The van der Waals surface area contributed by atoms with E-state index in [1.54, 1.807) is 22.0 Å². The molecule has 6 nitrogen and oxygen atoms in total. The molecule has 0 aromatic rings. The Hall–Kier alpha value is 1.32. The van der Waals surface area contributed by atoms with Gasteiger partial charge >= 0.3 is 0 Å². The number of nitrogens with zero attached hydrogens (tertiary/aromatic N) is 2. The summed E-state index contributed by atoms with van der Waals surface area (Å²) in [5, 5.41) is 0. The summed E-state index contributed by atoms with van der Waals surface area (Å²) >= 11 is 0. The van der Waals surface area contributed by atoms with Crippen LogP contribution in [0.15, 0.2) is 0 Å². The molecule has 0 spiro atoms. The lowest BCUT2D eigenvalue weighted by Crippen LogP contribution is -2.26. The monoisotopic (exact) mass is 388 g/mol. The highest BCUT2D eigenvalue weighted by molar-refractivity contribution is 8.76. The van der Waals surface area contributed by atoms with Crippen LogP contribution in [-0.2, 0) is 18.1 Å². The zero-order valence-corrected chi connectivity index (χ0v) is 17.1. The molecule has 0 amide bonds. The molecule has 0 N–H and O–H groups in total. The van der Waals surface area contributed by atoms with Crippen LogP contribution >= 0.6 is 39.0 Å². The van der Waals surface area contributed by atoms with Crippen molar-refractivity contribution >= 4 is 39.0 Å². The summed E-state index contributed by atoms with van der Waals surface area (Å²) in [5.41, 5.74) is 0. The van der Waals surface area contributed by atoms with Gasteiger partial charge in [-0.15, -0.1) is 0 Å².